The second-order valence-corrected chi connectivity index (χ2v) is 7.30. The van der Waals surface area contributed by atoms with E-state index in [1.54, 1.807) is 0 Å². The number of hydrogen-bond acceptors (Lipinski definition) is 3. The van der Waals surface area contributed by atoms with Gasteiger partial charge in [-0.25, -0.2) is 0 Å². The van der Waals surface area contributed by atoms with Gasteiger partial charge in [0, 0.05) is 49.0 Å². The Hall–Kier alpha value is -2.63. The van der Waals surface area contributed by atoms with Gasteiger partial charge < -0.3 is 9.88 Å². The Balaban J connectivity index is 1.45. The zero-order valence-corrected chi connectivity index (χ0v) is 15.0. The monoisotopic (exact) mass is 345 g/mol. The van der Waals surface area contributed by atoms with Crippen LogP contribution in [0, 0.1) is 0 Å². The van der Waals surface area contributed by atoms with Crippen molar-refractivity contribution in [2.45, 2.75) is 6.54 Å². The van der Waals surface area contributed by atoms with E-state index in [0.29, 0.717) is 0 Å². The van der Waals surface area contributed by atoms with Gasteiger partial charge in [0.1, 0.15) is 5.69 Å². The van der Waals surface area contributed by atoms with Gasteiger partial charge in [0.2, 0.25) is 0 Å². The third kappa shape index (κ3) is 2.79. The van der Waals surface area contributed by atoms with Gasteiger partial charge in [-0.1, -0.05) is 24.3 Å². The van der Waals surface area contributed by atoms with Crippen molar-refractivity contribution in [2.24, 2.45) is 0 Å². The maximum Gasteiger partial charge on any atom is 0.116 e. The fraction of sp³-hybridized carbons (Fsp3) is 0.286. The Morgan fingerprint density at radius 2 is 1.81 bits per heavy atom. The molecule has 26 heavy (non-hydrogen) atoms. The van der Waals surface area contributed by atoms with Crippen LogP contribution in [0.1, 0.15) is 5.56 Å². The molecule has 1 aliphatic rings. The molecule has 2 N–H and O–H groups in total. The molecule has 5 rings (SSSR count). The molecule has 0 atom stereocenters. The summed E-state index contributed by atoms with van der Waals surface area (Å²) < 4.78 is 0. The highest BCUT2D eigenvalue weighted by atomic mass is 15.2. The van der Waals surface area contributed by atoms with Crippen LogP contribution in [-0.4, -0.2) is 58.2 Å². The summed E-state index contributed by atoms with van der Waals surface area (Å²) >= 11 is 0. The second-order valence-electron chi connectivity index (χ2n) is 7.30. The van der Waals surface area contributed by atoms with Crippen LogP contribution < -0.4 is 0 Å². The minimum absolute atomic E-state index is 0.984. The summed E-state index contributed by atoms with van der Waals surface area (Å²) in [4.78, 5) is 8.46. The molecule has 1 fully saturated rings. The number of piperazine rings is 1. The standard InChI is InChI=1S/C21H23N5/c1-25-8-10-26(11-9-25)14-15-6-7-18-16(12-15)13-20(22-18)21-17-4-2-3-5-19(17)23-24-21/h2-7,12-13,22H,8-11,14H2,1H3,(H,23,24). The maximum absolute atomic E-state index is 4.51. The molecule has 2 aromatic heterocycles. The molecule has 0 spiro atoms. The molecule has 0 unspecified atom stereocenters. The Morgan fingerprint density at radius 1 is 0.962 bits per heavy atom. The average Bonchev–Trinajstić information content (AvgIpc) is 3.27. The quantitative estimate of drug-likeness (QED) is 0.598. The number of aromatic amines is 2. The van der Waals surface area contributed by atoms with E-state index in [4.69, 9.17) is 0 Å². The van der Waals surface area contributed by atoms with E-state index in [2.05, 4.69) is 74.5 Å². The van der Waals surface area contributed by atoms with Crippen molar-refractivity contribution in [2.75, 3.05) is 33.2 Å². The molecular formula is C21H23N5. The van der Waals surface area contributed by atoms with Gasteiger partial charge in [-0.3, -0.25) is 10.00 Å². The average molecular weight is 345 g/mol. The normalized spacial score (nSPS) is 16.7. The van der Waals surface area contributed by atoms with Crippen molar-refractivity contribution in [1.29, 1.82) is 0 Å². The van der Waals surface area contributed by atoms with Gasteiger partial charge in [-0.2, -0.15) is 5.10 Å². The van der Waals surface area contributed by atoms with Gasteiger partial charge in [-0.15, -0.1) is 0 Å². The van der Waals surface area contributed by atoms with Crippen LogP contribution in [0.4, 0.5) is 0 Å². The van der Waals surface area contributed by atoms with Crippen molar-refractivity contribution in [3.63, 3.8) is 0 Å². The van der Waals surface area contributed by atoms with E-state index in [0.717, 1.165) is 60.5 Å². The van der Waals surface area contributed by atoms with Gasteiger partial charge in [0.05, 0.1) is 11.2 Å². The molecule has 0 radical (unpaired) electrons. The predicted molar refractivity (Wildman–Crippen MR) is 106 cm³/mol. The fourth-order valence-corrected chi connectivity index (χ4v) is 3.84. The summed E-state index contributed by atoms with van der Waals surface area (Å²) in [6, 6.07) is 17.2. The molecule has 132 valence electrons. The zero-order chi connectivity index (χ0) is 17.5. The van der Waals surface area contributed by atoms with Crippen LogP contribution in [0.2, 0.25) is 0 Å². The minimum Gasteiger partial charge on any atom is -0.353 e. The van der Waals surface area contributed by atoms with E-state index in [9.17, 15) is 0 Å². The number of nitrogens with zero attached hydrogens (tertiary/aromatic N) is 3. The number of fused-ring (bicyclic) bond motifs is 2. The molecule has 0 saturated carbocycles. The van der Waals surface area contributed by atoms with E-state index >= 15 is 0 Å². The van der Waals surface area contributed by atoms with Crippen molar-refractivity contribution in [3.8, 4) is 11.4 Å². The first kappa shape index (κ1) is 15.6. The molecule has 0 amide bonds. The summed E-state index contributed by atoms with van der Waals surface area (Å²) in [5.74, 6) is 0. The lowest BCUT2D eigenvalue weighted by Gasteiger charge is -2.32. The minimum atomic E-state index is 0.984. The molecule has 5 heteroatoms. The van der Waals surface area contributed by atoms with Crippen molar-refractivity contribution < 1.29 is 0 Å². The first-order valence-electron chi connectivity index (χ1n) is 9.22. The number of rotatable bonds is 3. The summed E-state index contributed by atoms with van der Waals surface area (Å²) in [5, 5.41) is 10.0. The highest BCUT2D eigenvalue weighted by Gasteiger charge is 2.15. The third-order valence-corrected chi connectivity index (χ3v) is 5.41. The summed E-state index contributed by atoms with van der Waals surface area (Å²) in [6.45, 7) is 5.62. The SMILES string of the molecule is CN1CCN(Cc2ccc3[nH]c(-c4n[nH]c5ccccc45)cc3c2)CC1. The summed E-state index contributed by atoms with van der Waals surface area (Å²) in [7, 11) is 2.20. The molecule has 3 heterocycles. The topological polar surface area (TPSA) is 50.9 Å². The Morgan fingerprint density at radius 3 is 2.69 bits per heavy atom. The van der Waals surface area contributed by atoms with E-state index in [1.807, 2.05) is 6.07 Å². The van der Waals surface area contributed by atoms with Crippen LogP contribution >= 0.6 is 0 Å². The lowest BCUT2D eigenvalue weighted by molar-refractivity contribution is 0.148. The Kier molecular flexibility index (Phi) is 3.76. The first-order valence-corrected chi connectivity index (χ1v) is 9.22. The first-order chi connectivity index (χ1) is 12.8. The van der Waals surface area contributed by atoms with Crippen LogP contribution in [0.25, 0.3) is 33.2 Å². The summed E-state index contributed by atoms with van der Waals surface area (Å²) in [5.41, 5.74) is 5.65. The predicted octanol–water partition coefficient (Wildman–Crippen LogP) is 3.46. The Bertz CT molecular complexity index is 1050. The van der Waals surface area contributed by atoms with E-state index in [1.165, 1.54) is 10.9 Å². The van der Waals surface area contributed by atoms with Crippen molar-refractivity contribution in [1.82, 2.24) is 25.0 Å². The highest BCUT2D eigenvalue weighted by Crippen LogP contribution is 2.29. The number of likely N-dealkylation sites (N-methyl/N-ethyl adjacent to an activating group) is 1. The maximum atomic E-state index is 4.51. The summed E-state index contributed by atoms with van der Waals surface area (Å²) in [6.07, 6.45) is 0. The van der Waals surface area contributed by atoms with Crippen LogP contribution in [0.15, 0.2) is 48.5 Å². The van der Waals surface area contributed by atoms with Gasteiger partial charge >= 0.3 is 0 Å². The molecule has 2 aromatic carbocycles. The van der Waals surface area contributed by atoms with Crippen molar-refractivity contribution in [3.05, 3.63) is 54.1 Å². The van der Waals surface area contributed by atoms with Crippen molar-refractivity contribution >= 4 is 21.8 Å². The lowest BCUT2D eigenvalue weighted by Crippen LogP contribution is -2.43. The molecule has 1 aliphatic heterocycles. The number of aromatic nitrogens is 3. The van der Waals surface area contributed by atoms with E-state index in [-0.39, 0.29) is 0 Å². The van der Waals surface area contributed by atoms with Crippen LogP contribution in [0.5, 0.6) is 0 Å². The number of benzene rings is 2. The lowest BCUT2D eigenvalue weighted by atomic mass is 10.1. The highest BCUT2D eigenvalue weighted by molar-refractivity contribution is 5.95. The smallest absolute Gasteiger partial charge is 0.116 e. The largest absolute Gasteiger partial charge is 0.353 e. The third-order valence-electron chi connectivity index (χ3n) is 5.41. The number of hydrogen-bond donors (Lipinski definition) is 2. The van der Waals surface area contributed by atoms with Gasteiger partial charge in [0.15, 0.2) is 0 Å². The molecule has 0 aliphatic carbocycles. The van der Waals surface area contributed by atoms with Crippen LogP contribution in [-0.2, 0) is 6.54 Å². The second kappa shape index (κ2) is 6.27. The number of para-hydroxylation sites is 1. The van der Waals surface area contributed by atoms with Gasteiger partial charge in [-0.05, 0) is 36.9 Å². The number of nitrogens with one attached hydrogen (secondary N) is 2. The molecule has 1 saturated heterocycles. The Labute approximate surface area is 152 Å². The van der Waals surface area contributed by atoms with Gasteiger partial charge in [0.25, 0.3) is 0 Å². The number of H-pyrrole nitrogens is 2. The molecule has 4 aromatic rings. The molecule has 0 bridgehead atoms. The fourth-order valence-electron chi connectivity index (χ4n) is 3.84. The van der Waals surface area contributed by atoms with Crippen LogP contribution in [0.3, 0.4) is 0 Å². The zero-order valence-electron chi connectivity index (χ0n) is 15.0. The van der Waals surface area contributed by atoms with E-state index < -0.39 is 0 Å². The molecule has 5 nitrogen and oxygen atoms in total. The molecular weight excluding hydrogens is 322 g/mol.